The van der Waals surface area contributed by atoms with E-state index in [-0.39, 0.29) is 17.9 Å². The van der Waals surface area contributed by atoms with Crippen molar-refractivity contribution in [2.75, 3.05) is 39.3 Å². The van der Waals surface area contributed by atoms with E-state index in [1.807, 2.05) is 15.9 Å². The molecule has 2 heterocycles. The highest BCUT2D eigenvalue weighted by molar-refractivity contribution is 5.88. The van der Waals surface area contributed by atoms with Crippen LogP contribution in [0, 0.1) is 0 Å². The summed E-state index contributed by atoms with van der Waals surface area (Å²) in [4.78, 5) is 33.4. The molecule has 2 fully saturated rings. The molecule has 1 unspecified atom stereocenters. The quantitative estimate of drug-likeness (QED) is 0.611. The van der Waals surface area contributed by atoms with Crippen molar-refractivity contribution in [3.05, 3.63) is 24.8 Å². The molecule has 2 saturated heterocycles. The van der Waals surface area contributed by atoms with Crippen LogP contribution < -0.4 is 0 Å². The average molecular weight is 405 g/mol. The molecule has 0 aliphatic carbocycles. The Hall–Kier alpha value is -1.66. The first-order chi connectivity index (χ1) is 13.8. The van der Waals surface area contributed by atoms with Crippen LogP contribution in [0.4, 0.5) is 0 Å². The Bertz CT molecular complexity index is 604. The maximum atomic E-state index is 12.8. The van der Waals surface area contributed by atoms with Crippen molar-refractivity contribution in [3.8, 4) is 0 Å². The standard InChI is InChI=1S/C23H40N4O2/c1-7-21-17-24(18(3)4)12-15-27(21)23(29)11-9-10-19(5)25-13-14-26(20(6)16-25)22(28)8-2/h8-9,11,18-21H,2,7,10,12-17H2,1,3-6H3/b11-9-/t19?,20-,21-/m1/s1. The van der Waals surface area contributed by atoms with Crippen LogP contribution in [-0.2, 0) is 9.59 Å². The molecule has 0 aromatic carbocycles. The number of hydrogen-bond acceptors (Lipinski definition) is 4. The summed E-state index contributed by atoms with van der Waals surface area (Å²) in [6, 6.07) is 1.37. The van der Waals surface area contributed by atoms with E-state index in [0.29, 0.717) is 18.1 Å². The highest BCUT2D eigenvalue weighted by atomic mass is 16.2. The molecule has 0 bridgehead atoms. The van der Waals surface area contributed by atoms with Gasteiger partial charge in [-0.1, -0.05) is 19.6 Å². The van der Waals surface area contributed by atoms with Crippen LogP contribution >= 0.6 is 0 Å². The fraction of sp³-hybridized carbons (Fsp3) is 0.739. The summed E-state index contributed by atoms with van der Waals surface area (Å²) < 4.78 is 0. The van der Waals surface area contributed by atoms with E-state index >= 15 is 0 Å². The predicted octanol–water partition coefficient (Wildman–Crippen LogP) is 2.37. The van der Waals surface area contributed by atoms with Crippen molar-refractivity contribution in [2.45, 2.75) is 71.6 Å². The van der Waals surface area contributed by atoms with Crippen LogP contribution in [0.3, 0.4) is 0 Å². The van der Waals surface area contributed by atoms with Gasteiger partial charge in [-0.25, -0.2) is 0 Å². The number of amides is 2. The monoisotopic (exact) mass is 404 g/mol. The smallest absolute Gasteiger partial charge is 0.246 e. The molecule has 6 nitrogen and oxygen atoms in total. The van der Waals surface area contributed by atoms with Gasteiger partial charge in [-0.05, 0) is 52.7 Å². The Morgan fingerprint density at radius 1 is 1.00 bits per heavy atom. The summed E-state index contributed by atoms with van der Waals surface area (Å²) in [7, 11) is 0. The van der Waals surface area contributed by atoms with Crippen LogP contribution in [0.5, 0.6) is 0 Å². The number of carbonyl (C=O) groups is 2. The maximum absolute atomic E-state index is 12.8. The van der Waals surface area contributed by atoms with E-state index in [0.717, 1.165) is 52.1 Å². The van der Waals surface area contributed by atoms with Gasteiger partial charge in [-0.2, -0.15) is 0 Å². The van der Waals surface area contributed by atoms with E-state index in [2.05, 4.69) is 51.0 Å². The summed E-state index contributed by atoms with van der Waals surface area (Å²) in [6.07, 6.45) is 7.03. The van der Waals surface area contributed by atoms with Crippen LogP contribution in [0.15, 0.2) is 24.8 Å². The average Bonchev–Trinajstić information content (AvgIpc) is 2.72. The second-order valence-electron chi connectivity index (χ2n) is 8.75. The summed E-state index contributed by atoms with van der Waals surface area (Å²) >= 11 is 0. The molecular formula is C23H40N4O2. The number of hydrogen-bond donors (Lipinski definition) is 0. The summed E-state index contributed by atoms with van der Waals surface area (Å²) in [5, 5.41) is 0. The lowest BCUT2D eigenvalue weighted by Crippen LogP contribution is -2.56. The molecule has 2 aliphatic rings. The molecule has 164 valence electrons. The first-order valence-corrected chi connectivity index (χ1v) is 11.2. The molecule has 0 aromatic rings. The molecule has 3 atom stereocenters. The van der Waals surface area contributed by atoms with Gasteiger partial charge >= 0.3 is 0 Å². The minimum atomic E-state index is 0.0123. The fourth-order valence-electron chi connectivity index (χ4n) is 4.43. The highest BCUT2D eigenvalue weighted by Crippen LogP contribution is 2.17. The SMILES string of the molecule is C=CC(=O)N1CCN(C(C)C/C=C\C(=O)N2CCN(C(C)C)C[C@H]2CC)C[C@H]1C. The summed E-state index contributed by atoms with van der Waals surface area (Å²) in [5.74, 6) is 0.153. The fourth-order valence-corrected chi connectivity index (χ4v) is 4.43. The predicted molar refractivity (Wildman–Crippen MR) is 119 cm³/mol. The number of carbonyl (C=O) groups excluding carboxylic acids is 2. The van der Waals surface area contributed by atoms with Crippen molar-refractivity contribution < 1.29 is 9.59 Å². The molecule has 2 amide bonds. The summed E-state index contributed by atoms with van der Waals surface area (Å²) in [5.41, 5.74) is 0. The minimum absolute atomic E-state index is 0.0123. The zero-order chi connectivity index (χ0) is 21.6. The first-order valence-electron chi connectivity index (χ1n) is 11.2. The first kappa shape index (κ1) is 23.6. The van der Waals surface area contributed by atoms with Gasteiger partial charge in [0.1, 0.15) is 0 Å². The molecule has 2 rings (SSSR count). The van der Waals surface area contributed by atoms with Crippen LogP contribution in [0.25, 0.3) is 0 Å². The minimum Gasteiger partial charge on any atom is -0.334 e. The lowest BCUT2D eigenvalue weighted by Gasteiger charge is -2.42. The Labute approximate surface area is 177 Å². The number of rotatable bonds is 7. The molecule has 6 heteroatoms. The largest absolute Gasteiger partial charge is 0.334 e. The van der Waals surface area contributed by atoms with Crippen LogP contribution in [0.1, 0.15) is 47.5 Å². The third-order valence-corrected chi connectivity index (χ3v) is 6.48. The van der Waals surface area contributed by atoms with Gasteiger partial charge in [-0.3, -0.25) is 19.4 Å². The summed E-state index contributed by atoms with van der Waals surface area (Å²) in [6.45, 7) is 19.7. The van der Waals surface area contributed by atoms with Gasteiger partial charge in [0.05, 0.1) is 0 Å². The lowest BCUT2D eigenvalue weighted by atomic mass is 10.1. The molecule has 0 saturated carbocycles. The topological polar surface area (TPSA) is 47.1 Å². The molecule has 2 aliphatic heterocycles. The lowest BCUT2D eigenvalue weighted by molar-refractivity contribution is -0.132. The Morgan fingerprint density at radius 2 is 1.66 bits per heavy atom. The van der Waals surface area contributed by atoms with Crippen molar-refractivity contribution >= 4 is 11.8 Å². The van der Waals surface area contributed by atoms with Crippen LogP contribution in [-0.4, -0.2) is 94.8 Å². The van der Waals surface area contributed by atoms with Crippen LogP contribution in [0.2, 0.25) is 0 Å². The zero-order valence-corrected chi connectivity index (χ0v) is 19.0. The van der Waals surface area contributed by atoms with E-state index < -0.39 is 0 Å². The highest BCUT2D eigenvalue weighted by Gasteiger charge is 2.30. The van der Waals surface area contributed by atoms with Gasteiger partial charge in [0.2, 0.25) is 11.8 Å². The van der Waals surface area contributed by atoms with E-state index in [9.17, 15) is 9.59 Å². The Balaban J connectivity index is 1.83. The molecule has 0 radical (unpaired) electrons. The normalized spacial score (nSPS) is 25.6. The molecule has 0 N–H and O–H groups in total. The van der Waals surface area contributed by atoms with Gasteiger partial charge in [0.15, 0.2) is 0 Å². The third-order valence-electron chi connectivity index (χ3n) is 6.48. The van der Waals surface area contributed by atoms with Gasteiger partial charge in [0.25, 0.3) is 0 Å². The van der Waals surface area contributed by atoms with Crippen molar-refractivity contribution in [2.24, 2.45) is 0 Å². The van der Waals surface area contributed by atoms with Gasteiger partial charge in [-0.15, -0.1) is 0 Å². The van der Waals surface area contributed by atoms with Crippen molar-refractivity contribution in [1.29, 1.82) is 0 Å². The number of piperazine rings is 2. The second-order valence-corrected chi connectivity index (χ2v) is 8.75. The van der Waals surface area contributed by atoms with Crippen molar-refractivity contribution in [3.63, 3.8) is 0 Å². The van der Waals surface area contributed by atoms with Crippen molar-refractivity contribution in [1.82, 2.24) is 19.6 Å². The molecule has 0 spiro atoms. The molecular weight excluding hydrogens is 364 g/mol. The third kappa shape index (κ3) is 6.16. The molecule has 0 aromatic heterocycles. The van der Waals surface area contributed by atoms with E-state index in [1.165, 1.54) is 6.08 Å². The maximum Gasteiger partial charge on any atom is 0.246 e. The second kappa shape index (κ2) is 10.9. The number of nitrogens with zero attached hydrogens (tertiary/aromatic N) is 4. The van der Waals surface area contributed by atoms with Gasteiger partial charge < -0.3 is 9.80 Å². The Kier molecular flexibility index (Phi) is 8.90. The zero-order valence-electron chi connectivity index (χ0n) is 19.0. The van der Waals surface area contributed by atoms with E-state index in [4.69, 9.17) is 0 Å². The van der Waals surface area contributed by atoms with Gasteiger partial charge in [0, 0.05) is 63.4 Å². The van der Waals surface area contributed by atoms with E-state index in [1.54, 1.807) is 6.08 Å². The molecule has 29 heavy (non-hydrogen) atoms. The Morgan fingerprint density at radius 3 is 2.24 bits per heavy atom.